The summed E-state index contributed by atoms with van der Waals surface area (Å²) < 4.78 is 0. The molecule has 1 aliphatic rings. The summed E-state index contributed by atoms with van der Waals surface area (Å²) in [5, 5.41) is 5.89. The van der Waals surface area contributed by atoms with Crippen LogP contribution in [0.1, 0.15) is 19.4 Å². The number of carbonyl (C=O) groups excluding carboxylic acids is 3. The molecule has 0 saturated carbocycles. The predicted octanol–water partition coefficient (Wildman–Crippen LogP) is 1.33. The van der Waals surface area contributed by atoms with Crippen molar-refractivity contribution in [1.29, 1.82) is 0 Å². The van der Waals surface area contributed by atoms with Crippen molar-refractivity contribution in [3.8, 4) is 0 Å². The van der Waals surface area contributed by atoms with Crippen molar-refractivity contribution >= 4 is 29.4 Å². The van der Waals surface area contributed by atoms with E-state index in [1.807, 2.05) is 12.1 Å². The zero-order valence-corrected chi connectivity index (χ0v) is 13.2. The summed E-state index contributed by atoms with van der Waals surface area (Å²) in [6.45, 7) is 3.36. The lowest BCUT2D eigenvalue weighted by atomic mass is 10.1. The summed E-state index contributed by atoms with van der Waals surface area (Å²) in [6, 6.07) is 6.80. The minimum Gasteiger partial charge on any atom is -0.354 e. The van der Waals surface area contributed by atoms with E-state index in [-0.39, 0.29) is 12.5 Å². The molecule has 2 rings (SSSR count). The summed E-state index contributed by atoms with van der Waals surface area (Å²) >= 11 is 5.80. The third-order valence-electron chi connectivity index (χ3n) is 3.40. The van der Waals surface area contributed by atoms with E-state index in [0.717, 1.165) is 10.5 Å². The molecule has 0 spiro atoms. The smallest absolute Gasteiger partial charge is 0.325 e. The summed E-state index contributed by atoms with van der Waals surface area (Å²) in [4.78, 5) is 36.4. The van der Waals surface area contributed by atoms with Gasteiger partial charge in [0.15, 0.2) is 0 Å². The lowest BCUT2D eigenvalue weighted by molar-refractivity contribution is -0.134. The van der Waals surface area contributed by atoms with Crippen LogP contribution in [0.4, 0.5) is 4.79 Å². The number of carbonyl (C=O) groups is 3. The first-order chi connectivity index (χ1) is 10.3. The molecule has 4 amide bonds. The van der Waals surface area contributed by atoms with Crippen LogP contribution >= 0.6 is 11.6 Å². The first-order valence-electron chi connectivity index (χ1n) is 6.95. The fourth-order valence-corrected chi connectivity index (χ4v) is 2.28. The van der Waals surface area contributed by atoms with E-state index in [1.54, 1.807) is 26.0 Å². The summed E-state index contributed by atoms with van der Waals surface area (Å²) in [7, 11) is 0. The van der Waals surface area contributed by atoms with E-state index in [9.17, 15) is 14.4 Å². The Morgan fingerprint density at radius 2 is 1.91 bits per heavy atom. The van der Waals surface area contributed by atoms with Crippen LogP contribution in [0.2, 0.25) is 5.02 Å². The van der Waals surface area contributed by atoms with E-state index < -0.39 is 17.5 Å². The Balaban J connectivity index is 1.80. The maximum absolute atomic E-state index is 12.0. The van der Waals surface area contributed by atoms with Gasteiger partial charge in [-0.15, -0.1) is 0 Å². The lowest BCUT2D eigenvalue weighted by Gasteiger charge is -2.15. The van der Waals surface area contributed by atoms with Gasteiger partial charge in [0.05, 0.1) is 0 Å². The highest BCUT2D eigenvalue weighted by Gasteiger charge is 2.44. The van der Waals surface area contributed by atoms with Crippen LogP contribution in [0.3, 0.4) is 0 Å². The van der Waals surface area contributed by atoms with E-state index in [0.29, 0.717) is 18.0 Å². The molecule has 0 unspecified atom stereocenters. The van der Waals surface area contributed by atoms with Crippen molar-refractivity contribution in [2.24, 2.45) is 0 Å². The summed E-state index contributed by atoms with van der Waals surface area (Å²) in [5.41, 5.74) is 0.0848. The number of amides is 4. The highest BCUT2D eigenvalue weighted by atomic mass is 35.5. The Morgan fingerprint density at radius 3 is 2.45 bits per heavy atom. The Hall–Kier alpha value is -2.08. The molecule has 118 valence electrons. The molecule has 0 aliphatic carbocycles. The van der Waals surface area contributed by atoms with Crippen LogP contribution in [-0.4, -0.2) is 41.4 Å². The van der Waals surface area contributed by atoms with Crippen LogP contribution in [0.15, 0.2) is 24.3 Å². The molecule has 0 aromatic heterocycles. The molecule has 0 atom stereocenters. The topological polar surface area (TPSA) is 78.5 Å². The zero-order valence-electron chi connectivity index (χ0n) is 12.5. The highest BCUT2D eigenvalue weighted by Crippen LogP contribution is 2.15. The number of urea groups is 1. The molecule has 1 heterocycles. The monoisotopic (exact) mass is 323 g/mol. The van der Waals surface area contributed by atoms with Gasteiger partial charge in [0.1, 0.15) is 12.1 Å². The van der Waals surface area contributed by atoms with Crippen molar-refractivity contribution in [2.75, 3.05) is 13.1 Å². The number of hydrogen-bond acceptors (Lipinski definition) is 3. The predicted molar refractivity (Wildman–Crippen MR) is 82.5 cm³/mol. The number of nitrogens with zero attached hydrogens (tertiary/aromatic N) is 1. The van der Waals surface area contributed by atoms with Gasteiger partial charge in [-0.05, 0) is 38.0 Å². The molecule has 1 fully saturated rings. The van der Waals surface area contributed by atoms with Crippen LogP contribution in [0.5, 0.6) is 0 Å². The molecular weight excluding hydrogens is 306 g/mol. The Bertz CT molecular complexity index is 599. The molecule has 1 saturated heterocycles. The van der Waals surface area contributed by atoms with Gasteiger partial charge in [-0.2, -0.15) is 0 Å². The average molecular weight is 324 g/mol. The normalized spacial score (nSPS) is 16.6. The van der Waals surface area contributed by atoms with Gasteiger partial charge in [0, 0.05) is 11.6 Å². The van der Waals surface area contributed by atoms with Gasteiger partial charge in [0.2, 0.25) is 5.91 Å². The molecular formula is C15H18ClN3O3. The van der Waals surface area contributed by atoms with Gasteiger partial charge >= 0.3 is 6.03 Å². The fraction of sp³-hybridized carbons (Fsp3) is 0.400. The second kappa shape index (κ2) is 6.36. The zero-order chi connectivity index (χ0) is 16.3. The Kier molecular flexibility index (Phi) is 4.71. The highest BCUT2D eigenvalue weighted by molar-refractivity contribution is 6.30. The first-order valence-corrected chi connectivity index (χ1v) is 7.32. The van der Waals surface area contributed by atoms with Gasteiger partial charge < -0.3 is 10.6 Å². The maximum atomic E-state index is 12.0. The maximum Gasteiger partial charge on any atom is 0.325 e. The summed E-state index contributed by atoms with van der Waals surface area (Å²) in [5.74, 6) is -0.763. The van der Waals surface area contributed by atoms with Gasteiger partial charge in [-0.1, -0.05) is 23.7 Å². The average Bonchev–Trinajstić information content (AvgIpc) is 2.63. The second-order valence-electron chi connectivity index (χ2n) is 5.67. The SMILES string of the molecule is CC1(C)NC(=O)N(CC(=O)NCCc2ccc(Cl)cc2)C1=O. The second-order valence-corrected chi connectivity index (χ2v) is 6.11. The first kappa shape index (κ1) is 16.3. The van der Waals surface area contributed by atoms with Crippen LogP contribution in [-0.2, 0) is 16.0 Å². The van der Waals surface area contributed by atoms with Crippen molar-refractivity contribution < 1.29 is 14.4 Å². The molecule has 1 aromatic carbocycles. The number of benzene rings is 1. The molecule has 2 N–H and O–H groups in total. The number of halogens is 1. The molecule has 22 heavy (non-hydrogen) atoms. The van der Waals surface area contributed by atoms with Crippen LogP contribution in [0, 0.1) is 0 Å². The number of hydrogen-bond donors (Lipinski definition) is 2. The Labute approximate surface area is 133 Å². The molecule has 0 bridgehead atoms. The fourth-order valence-electron chi connectivity index (χ4n) is 2.16. The van der Waals surface area contributed by atoms with Crippen molar-refractivity contribution in [2.45, 2.75) is 25.8 Å². The third kappa shape index (κ3) is 3.76. The lowest BCUT2D eigenvalue weighted by Crippen LogP contribution is -2.43. The van der Waals surface area contributed by atoms with Crippen molar-refractivity contribution in [3.05, 3.63) is 34.9 Å². The third-order valence-corrected chi connectivity index (χ3v) is 3.65. The van der Waals surface area contributed by atoms with Crippen molar-refractivity contribution in [1.82, 2.24) is 15.5 Å². The minimum atomic E-state index is -0.958. The standard InChI is InChI=1S/C15H18ClN3O3/c1-15(2)13(21)19(14(22)18-15)9-12(20)17-8-7-10-3-5-11(16)6-4-10/h3-6H,7-9H2,1-2H3,(H,17,20)(H,18,22). The molecule has 0 radical (unpaired) electrons. The molecule has 1 aliphatic heterocycles. The molecule has 6 nitrogen and oxygen atoms in total. The van der Waals surface area contributed by atoms with Crippen LogP contribution < -0.4 is 10.6 Å². The summed E-state index contributed by atoms with van der Waals surface area (Å²) in [6.07, 6.45) is 0.647. The van der Waals surface area contributed by atoms with E-state index in [2.05, 4.69) is 10.6 Å². The Morgan fingerprint density at radius 1 is 1.27 bits per heavy atom. The molecule has 7 heteroatoms. The van der Waals surface area contributed by atoms with Gasteiger partial charge in [-0.25, -0.2) is 4.79 Å². The van der Waals surface area contributed by atoms with Gasteiger partial charge in [-0.3, -0.25) is 14.5 Å². The molecule has 1 aromatic rings. The van der Waals surface area contributed by atoms with Crippen molar-refractivity contribution in [3.63, 3.8) is 0 Å². The van der Waals surface area contributed by atoms with Crippen LogP contribution in [0.25, 0.3) is 0 Å². The van der Waals surface area contributed by atoms with E-state index >= 15 is 0 Å². The number of imide groups is 1. The minimum absolute atomic E-state index is 0.269. The van der Waals surface area contributed by atoms with E-state index in [1.165, 1.54) is 0 Å². The largest absolute Gasteiger partial charge is 0.354 e. The van der Waals surface area contributed by atoms with Gasteiger partial charge in [0.25, 0.3) is 5.91 Å². The quantitative estimate of drug-likeness (QED) is 0.802. The number of rotatable bonds is 5. The van der Waals surface area contributed by atoms with E-state index in [4.69, 9.17) is 11.6 Å². The number of nitrogens with one attached hydrogen (secondary N) is 2.